The summed E-state index contributed by atoms with van der Waals surface area (Å²) in [6.45, 7) is 4.90. The Labute approximate surface area is 117 Å². The normalized spacial score (nSPS) is 21.6. The quantitative estimate of drug-likeness (QED) is 0.479. The SMILES string of the molecule is COc1nc(NN)nc(N2CC(CO)OC(C)(C)C2)n1. The van der Waals surface area contributed by atoms with Gasteiger partial charge in [0.1, 0.15) is 0 Å². The molecule has 0 amide bonds. The minimum absolute atomic E-state index is 0.0653. The minimum atomic E-state index is -0.415. The average molecular weight is 284 g/mol. The lowest BCUT2D eigenvalue weighted by Gasteiger charge is -2.42. The van der Waals surface area contributed by atoms with Crippen LogP contribution in [0.25, 0.3) is 0 Å². The first-order valence-electron chi connectivity index (χ1n) is 6.27. The highest BCUT2D eigenvalue weighted by Crippen LogP contribution is 2.25. The maximum atomic E-state index is 9.33. The molecule has 1 atom stereocenters. The number of aromatic nitrogens is 3. The van der Waals surface area contributed by atoms with Crippen molar-refractivity contribution in [3.05, 3.63) is 0 Å². The molecule has 0 saturated carbocycles. The maximum absolute atomic E-state index is 9.33. The molecule has 2 rings (SSSR count). The maximum Gasteiger partial charge on any atom is 0.322 e. The van der Waals surface area contributed by atoms with Gasteiger partial charge >= 0.3 is 6.01 Å². The van der Waals surface area contributed by atoms with E-state index in [1.54, 1.807) is 0 Å². The second-order valence-electron chi connectivity index (χ2n) is 5.15. The number of anilines is 2. The molecule has 0 spiro atoms. The van der Waals surface area contributed by atoms with Crippen molar-refractivity contribution in [1.29, 1.82) is 0 Å². The van der Waals surface area contributed by atoms with Crippen LogP contribution in [0.5, 0.6) is 6.01 Å². The molecule has 0 aromatic carbocycles. The molecule has 20 heavy (non-hydrogen) atoms. The first-order valence-corrected chi connectivity index (χ1v) is 6.27. The van der Waals surface area contributed by atoms with Crippen LogP contribution in [0.4, 0.5) is 11.9 Å². The summed E-state index contributed by atoms with van der Waals surface area (Å²) in [5.74, 6) is 5.99. The summed E-state index contributed by atoms with van der Waals surface area (Å²) in [5.41, 5.74) is 1.96. The standard InChI is InChI=1S/C11H20N6O3/c1-11(2)6-17(4-7(5-18)20-11)9-13-8(16-12)14-10(15-9)19-3/h7,18H,4-6,12H2,1-3H3,(H,13,14,15,16). The summed E-state index contributed by atoms with van der Waals surface area (Å²) in [6.07, 6.45) is -0.296. The number of nitrogens with one attached hydrogen (secondary N) is 1. The smallest absolute Gasteiger partial charge is 0.322 e. The molecule has 112 valence electrons. The Hall–Kier alpha value is -1.71. The van der Waals surface area contributed by atoms with E-state index in [9.17, 15) is 5.11 Å². The number of rotatable bonds is 4. The van der Waals surface area contributed by atoms with Gasteiger partial charge in [-0.3, -0.25) is 5.43 Å². The van der Waals surface area contributed by atoms with Crippen LogP contribution in [-0.4, -0.2) is 58.6 Å². The van der Waals surface area contributed by atoms with E-state index in [1.165, 1.54) is 7.11 Å². The summed E-state index contributed by atoms with van der Waals surface area (Å²) < 4.78 is 10.8. The molecule has 9 heteroatoms. The van der Waals surface area contributed by atoms with Gasteiger partial charge in [0, 0.05) is 13.1 Å². The number of nitrogen functional groups attached to an aromatic ring is 1. The van der Waals surface area contributed by atoms with Crippen molar-refractivity contribution in [2.75, 3.05) is 37.1 Å². The number of ether oxygens (including phenoxy) is 2. The number of methoxy groups -OCH3 is 1. The molecule has 0 radical (unpaired) electrons. The van der Waals surface area contributed by atoms with Gasteiger partial charge in [0.05, 0.1) is 25.4 Å². The molecular weight excluding hydrogens is 264 g/mol. The Kier molecular flexibility index (Phi) is 4.21. The predicted octanol–water partition coefficient (Wildman–Crippen LogP) is -0.858. The summed E-state index contributed by atoms with van der Waals surface area (Å²) >= 11 is 0. The van der Waals surface area contributed by atoms with E-state index < -0.39 is 5.60 Å². The molecule has 1 aromatic heterocycles. The van der Waals surface area contributed by atoms with Gasteiger partial charge < -0.3 is 19.5 Å². The van der Waals surface area contributed by atoms with E-state index in [1.807, 2.05) is 18.7 Å². The second-order valence-corrected chi connectivity index (χ2v) is 5.15. The Bertz CT molecular complexity index is 447. The lowest BCUT2D eigenvalue weighted by atomic mass is 10.1. The molecule has 9 nitrogen and oxygen atoms in total. The molecule has 1 unspecified atom stereocenters. The van der Waals surface area contributed by atoms with Crippen LogP contribution in [0.1, 0.15) is 13.8 Å². The van der Waals surface area contributed by atoms with E-state index in [0.717, 1.165) is 0 Å². The largest absolute Gasteiger partial charge is 0.467 e. The monoisotopic (exact) mass is 284 g/mol. The molecule has 1 saturated heterocycles. The Balaban J connectivity index is 2.29. The second kappa shape index (κ2) is 5.73. The zero-order valence-electron chi connectivity index (χ0n) is 11.8. The topological polar surface area (TPSA) is 119 Å². The van der Waals surface area contributed by atoms with Gasteiger partial charge in [-0.25, -0.2) is 5.84 Å². The Morgan fingerprint density at radius 2 is 2.25 bits per heavy atom. The van der Waals surface area contributed by atoms with Crippen LogP contribution in [-0.2, 0) is 4.74 Å². The van der Waals surface area contributed by atoms with Gasteiger partial charge in [-0.1, -0.05) is 0 Å². The van der Waals surface area contributed by atoms with E-state index in [4.69, 9.17) is 15.3 Å². The van der Waals surface area contributed by atoms with Gasteiger partial charge in [0.25, 0.3) is 0 Å². The molecule has 1 aliphatic heterocycles. The Morgan fingerprint density at radius 3 is 2.85 bits per heavy atom. The molecule has 0 bridgehead atoms. The zero-order chi connectivity index (χ0) is 14.8. The number of hydrazine groups is 1. The fourth-order valence-corrected chi connectivity index (χ4v) is 2.19. The molecule has 4 N–H and O–H groups in total. The van der Waals surface area contributed by atoms with Crippen molar-refractivity contribution in [3.63, 3.8) is 0 Å². The average Bonchev–Trinajstić information content (AvgIpc) is 2.44. The first kappa shape index (κ1) is 14.7. The van der Waals surface area contributed by atoms with Crippen molar-refractivity contribution in [3.8, 4) is 6.01 Å². The van der Waals surface area contributed by atoms with Crippen molar-refractivity contribution < 1.29 is 14.6 Å². The fourth-order valence-electron chi connectivity index (χ4n) is 2.19. The van der Waals surface area contributed by atoms with Crippen LogP contribution in [0.15, 0.2) is 0 Å². The van der Waals surface area contributed by atoms with Gasteiger partial charge in [0.2, 0.25) is 11.9 Å². The third kappa shape index (κ3) is 3.24. The summed E-state index contributed by atoms with van der Waals surface area (Å²) in [5, 5.41) is 9.33. The van der Waals surface area contributed by atoms with Crippen LogP contribution in [0.2, 0.25) is 0 Å². The first-order chi connectivity index (χ1) is 9.47. The van der Waals surface area contributed by atoms with Crippen molar-refractivity contribution in [2.45, 2.75) is 25.6 Å². The van der Waals surface area contributed by atoms with Crippen molar-refractivity contribution in [2.24, 2.45) is 5.84 Å². The number of aliphatic hydroxyl groups is 1. The lowest BCUT2D eigenvalue weighted by molar-refractivity contribution is -0.101. The van der Waals surface area contributed by atoms with Gasteiger partial charge in [-0.2, -0.15) is 15.0 Å². The number of hydrogen-bond donors (Lipinski definition) is 3. The van der Waals surface area contributed by atoms with Crippen LogP contribution in [0, 0.1) is 0 Å². The molecule has 1 fully saturated rings. The molecular formula is C11H20N6O3. The highest BCUT2D eigenvalue weighted by molar-refractivity contribution is 5.39. The summed E-state index contributed by atoms with van der Waals surface area (Å²) in [7, 11) is 1.47. The Morgan fingerprint density at radius 1 is 1.50 bits per heavy atom. The highest BCUT2D eigenvalue weighted by Gasteiger charge is 2.34. The summed E-state index contributed by atoms with van der Waals surface area (Å²) in [6, 6.07) is 0.174. The van der Waals surface area contributed by atoms with Gasteiger partial charge in [-0.15, -0.1) is 0 Å². The van der Waals surface area contributed by atoms with Gasteiger partial charge in [0.15, 0.2) is 0 Å². The van der Waals surface area contributed by atoms with E-state index in [0.29, 0.717) is 19.0 Å². The van der Waals surface area contributed by atoms with Crippen LogP contribution in [0.3, 0.4) is 0 Å². The van der Waals surface area contributed by atoms with Crippen LogP contribution >= 0.6 is 0 Å². The molecule has 1 aliphatic rings. The van der Waals surface area contributed by atoms with Gasteiger partial charge in [-0.05, 0) is 13.8 Å². The van der Waals surface area contributed by atoms with E-state index in [2.05, 4.69) is 20.4 Å². The molecule has 1 aromatic rings. The number of hydrogen-bond acceptors (Lipinski definition) is 9. The fraction of sp³-hybridized carbons (Fsp3) is 0.727. The van der Waals surface area contributed by atoms with Crippen molar-refractivity contribution in [1.82, 2.24) is 15.0 Å². The molecule has 2 heterocycles. The number of nitrogens with two attached hydrogens (primary N) is 1. The third-order valence-electron chi connectivity index (χ3n) is 2.88. The third-order valence-corrected chi connectivity index (χ3v) is 2.88. The van der Waals surface area contributed by atoms with Crippen molar-refractivity contribution >= 4 is 11.9 Å². The minimum Gasteiger partial charge on any atom is -0.467 e. The predicted molar refractivity (Wildman–Crippen MR) is 72.4 cm³/mol. The zero-order valence-corrected chi connectivity index (χ0v) is 11.8. The summed E-state index contributed by atoms with van der Waals surface area (Å²) in [4.78, 5) is 14.3. The number of morpholine rings is 1. The number of aliphatic hydroxyl groups excluding tert-OH is 1. The highest BCUT2D eigenvalue weighted by atomic mass is 16.5. The van der Waals surface area contributed by atoms with Crippen LogP contribution < -0.4 is 20.9 Å². The van der Waals surface area contributed by atoms with E-state index in [-0.39, 0.29) is 24.7 Å². The van der Waals surface area contributed by atoms with E-state index >= 15 is 0 Å². The lowest BCUT2D eigenvalue weighted by Crippen LogP contribution is -2.54. The molecule has 0 aliphatic carbocycles. The number of nitrogens with zero attached hydrogens (tertiary/aromatic N) is 4.